The molecule has 0 aliphatic carbocycles. The van der Waals surface area contributed by atoms with Gasteiger partial charge in [-0.2, -0.15) is 0 Å². The lowest BCUT2D eigenvalue weighted by Gasteiger charge is -2.13. The van der Waals surface area contributed by atoms with E-state index in [9.17, 15) is 22.4 Å². The number of nitrogens with zero attached hydrogens (tertiary/aromatic N) is 1. The Morgan fingerprint density at radius 1 is 1.50 bits per heavy atom. The van der Waals surface area contributed by atoms with Gasteiger partial charge in [0, 0.05) is 12.1 Å². The number of carbonyl (C=O) groups excluding carboxylic acids is 1. The second kappa shape index (κ2) is 5.17. The summed E-state index contributed by atoms with van der Waals surface area (Å²) in [7, 11) is 0.922. The van der Waals surface area contributed by atoms with Gasteiger partial charge in [-0.1, -0.05) is 0 Å². The van der Waals surface area contributed by atoms with Crippen LogP contribution in [0.15, 0.2) is 6.20 Å². The summed E-state index contributed by atoms with van der Waals surface area (Å²) in [6.07, 6.45) is -4.59. The molecular formula is C9H8F4N2O3. The van der Waals surface area contributed by atoms with Gasteiger partial charge in [0.15, 0.2) is 0 Å². The highest BCUT2D eigenvalue weighted by Crippen LogP contribution is 2.28. The number of ether oxygens (including phenoxy) is 2. The Balaban J connectivity index is 3.38. The van der Waals surface area contributed by atoms with E-state index in [1.165, 1.54) is 0 Å². The molecule has 0 saturated carbocycles. The Morgan fingerprint density at radius 3 is 2.56 bits per heavy atom. The molecule has 9 heteroatoms. The molecule has 0 saturated heterocycles. The number of pyridine rings is 1. The Bertz CT molecular complexity index is 462. The zero-order chi connectivity index (χ0) is 13.9. The number of carbonyl (C=O) groups is 1. The van der Waals surface area contributed by atoms with Crippen LogP contribution >= 0.6 is 0 Å². The zero-order valence-electron chi connectivity index (χ0n) is 9.05. The van der Waals surface area contributed by atoms with Crippen molar-refractivity contribution >= 4 is 5.97 Å². The van der Waals surface area contributed by atoms with Crippen LogP contribution in [0, 0.1) is 5.82 Å². The minimum atomic E-state index is -5.07. The largest absolute Gasteiger partial charge is 0.574 e. The molecule has 0 amide bonds. The van der Waals surface area contributed by atoms with Crippen LogP contribution in [-0.2, 0) is 11.3 Å². The molecule has 18 heavy (non-hydrogen) atoms. The van der Waals surface area contributed by atoms with Crippen molar-refractivity contribution in [2.24, 2.45) is 5.73 Å². The van der Waals surface area contributed by atoms with Crippen LogP contribution in [0.1, 0.15) is 15.9 Å². The summed E-state index contributed by atoms with van der Waals surface area (Å²) >= 11 is 0. The average molecular weight is 268 g/mol. The van der Waals surface area contributed by atoms with Crippen LogP contribution in [0.3, 0.4) is 0 Å². The number of halogens is 4. The molecule has 0 radical (unpaired) electrons. The van der Waals surface area contributed by atoms with E-state index in [0.29, 0.717) is 6.20 Å². The predicted octanol–water partition coefficient (Wildman–Crippen LogP) is 1.36. The van der Waals surface area contributed by atoms with E-state index in [2.05, 4.69) is 14.5 Å². The number of alkyl halides is 3. The fourth-order valence-electron chi connectivity index (χ4n) is 1.21. The molecule has 1 rings (SSSR count). The maximum atomic E-state index is 13.3. The van der Waals surface area contributed by atoms with Crippen LogP contribution in [0.5, 0.6) is 5.88 Å². The number of hydrogen-bond donors (Lipinski definition) is 1. The fraction of sp³-hybridized carbons (Fsp3) is 0.333. The highest BCUT2D eigenvalue weighted by atomic mass is 19.4. The lowest BCUT2D eigenvalue weighted by molar-refractivity contribution is -0.276. The monoisotopic (exact) mass is 268 g/mol. The van der Waals surface area contributed by atoms with E-state index >= 15 is 0 Å². The number of rotatable bonds is 3. The zero-order valence-corrected chi connectivity index (χ0v) is 9.05. The van der Waals surface area contributed by atoms with E-state index in [0.717, 1.165) is 7.11 Å². The third-order valence-corrected chi connectivity index (χ3v) is 1.91. The third-order valence-electron chi connectivity index (χ3n) is 1.91. The van der Waals surface area contributed by atoms with Gasteiger partial charge in [-0.15, -0.1) is 13.2 Å². The molecule has 0 atom stereocenters. The minimum absolute atomic E-state index is 0.462. The number of esters is 1. The van der Waals surface area contributed by atoms with Crippen molar-refractivity contribution in [2.75, 3.05) is 7.11 Å². The van der Waals surface area contributed by atoms with Gasteiger partial charge in [0.25, 0.3) is 0 Å². The second-order valence-corrected chi connectivity index (χ2v) is 3.01. The maximum absolute atomic E-state index is 13.3. The molecule has 5 nitrogen and oxygen atoms in total. The summed E-state index contributed by atoms with van der Waals surface area (Å²) < 4.78 is 57.3. The van der Waals surface area contributed by atoms with Crippen LogP contribution in [0.2, 0.25) is 0 Å². The highest BCUT2D eigenvalue weighted by molar-refractivity contribution is 5.93. The van der Waals surface area contributed by atoms with E-state index in [-0.39, 0.29) is 0 Å². The summed E-state index contributed by atoms with van der Waals surface area (Å²) in [4.78, 5) is 14.4. The second-order valence-electron chi connectivity index (χ2n) is 3.01. The van der Waals surface area contributed by atoms with Crippen molar-refractivity contribution in [1.29, 1.82) is 0 Å². The Kier molecular flexibility index (Phi) is 4.07. The lowest BCUT2D eigenvalue weighted by atomic mass is 10.1. The average Bonchev–Trinajstić information content (AvgIpc) is 2.28. The summed E-state index contributed by atoms with van der Waals surface area (Å²) in [5.41, 5.74) is 3.92. The summed E-state index contributed by atoms with van der Waals surface area (Å²) in [5, 5.41) is 0. The van der Waals surface area contributed by atoms with Crippen molar-refractivity contribution in [3.63, 3.8) is 0 Å². The standard InChI is InChI=1S/C9H8F4N2O3/c1-17-8(16)6-4(2-14)5(10)3-15-7(6)18-9(11,12)13/h3H,2,14H2,1H3. The maximum Gasteiger partial charge on any atom is 0.574 e. The van der Waals surface area contributed by atoms with Gasteiger partial charge in [0.1, 0.15) is 11.4 Å². The van der Waals surface area contributed by atoms with E-state index in [4.69, 9.17) is 5.73 Å². The summed E-state index contributed by atoms with van der Waals surface area (Å²) in [6, 6.07) is 0. The molecular weight excluding hydrogens is 260 g/mol. The van der Waals surface area contributed by atoms with Gasteiger partial charge in [-0.3, -0.25) is 0 Å². The van der Waals surface area contributed by atoms with Gasteiger partial charge < -0.3 is 15.2 Å². The first-order valence-electron chi connectivity index (χ1n) is 4.51. The van der Waals surface area contributed by atoms with Crippen LogP contribution in [0.4, 0.5) is 17.6 Å². The first-order chi connectivity index (χ1) is 8.30. The first kappa shape index (κ1) is 14.2. The number of hydrogen-bond acceptors (Lipinski definition) is 5. The van der Waals surface area contributed by atoms with Crippen molar-refractivity contribution < 1.29 is 31.8 Å². The number of aromatic nitrogens is 1. The molecule has 2 N–H and O–H groups in total. The van der Waals surface area contributed by atoms with Crippen molar-refractivity contribution in [2.45, 2.75) is 12.9 Å². The van der Waals surface area contributed by atoms with Crippen molar-refractivity contribution in [3.05, 3.63) is 23.1 Å². The molecule has 0 fully saturated rings. The van der Waals surface area contributed by atoms with Gasteiger partial charge in [-0.05, 0) is 0 Å². The molecule has 0 unspecified atom stereocenters. The molecule has 1 heterocycles. The third kappa shape index (κ3) is 3.06. The highest BCUT2D eigenvalue weighted by Gasteiger charge is 2.35. The van der Waals surface area contributed by atoms with Gasteiger partial charge >= 0.3 is 12.3 Å². The fourth-order valence-corrected chi connectivity index (χ4v) is 1.21. The minimum Gasteiger partial charge on any atom is -0.465 e. The van der Waals surface area contributed by atoms with E-state index < -0.39 is 41.7 Å². The lowest BCUT2D eigenvalue weighted by Crippen LogP contribution is -2.22. The smallest absolute Gasteiger partial charge is 0.465 e. The van der Waals surface area contributed by atoms with Gasteiger partial charge in [0.2, 0.25) is 5.88 Å². The predicted molar refractivity (Wildman–Crippen MR) is 50.1 cm³/mol. The van der Waals surface area contributed by atoms with Gasteiger partial charge in [0.05, 0.1) is 13.3 Å². The van der Waals surface area contributed by atoms with Crippen molar-refractivity contribution in [1.82, 2.24) is 4.98 Å². The quantitative estimate of drug-likeness (QED) is 0.662. The molecule has 1 aromatic heterocycles. The van der Waals surface area contributed by atoms with Crippen LogP contribution in [-0.4, -0.2) is 24.4 Å². The van der Waals surface area contributed by atoms with Crippen molar-refractivity contribution in [3.8, 4) is 5.88 Å². The molecule has 0 aliphatic rings. The number of nitrogens with two attached hydrogens (primary N) is 1. The normalized spacial score (nSPS) is 11.2. The Labute approximate surface area is 98.5 Å². The van der Waals surface area contributed by atoms with Crippen LogP contribution < -0.4 is 10.5 Å². The molecule has 0 aliphatic heterocycles. The Morgan fingerprint density at radius 2 is 2.11 bits per heavy atom. The summed E-state index contributed by atoms with van der Waals surface area (Å²) in [5.74, 6) is -3.34. The van der Waals surface area contributed by atoms with Crippen LogP contribution in [0.25, 0.3) is 0 Å². The Hall–Kier alpha value is -1.90. The molecule has 100 valence electrons. The SMILES string of the molecule is COC(=O)c1c(OC(F)(F)F)ncc(F)c1CN. The van der Waals surface area contributed by atoms with E-state index in [1.54, 1.807) is 0 Å². The molecule has 1 aromatic rings. The molecule has 0 aromatic carbocycles. The molecule has 0 bridgehead atoms. The number of methoxy groups -OCH3 is 1. The first-order valence-corrected chi connectivity index (χ1v) is 4.51. The topological polar surface area (TPSA) is 74.4 Å². The molecule has 0 spiro atoms. The van der Waals surface area contributed by atoms with E-state index in [1.807, 2.05) is 0 Å². The summed E-state index contributed by atoms with van der Waals surface area (Å²) in [6.45, 7) is -0.507. The van der Waals surface area contributed by atoms with Gasteiger partial charge in [-0.25, -0.2) is 14.2 Å².